The first-order valence-electron chi connectivity index (χ1n) is 5.67. The Morgan fingerprint density at radius 3 is 2.62 bits per heavy atom. The van der Waals surface area contributed by atoms with Crippen LogP contribution in [0.15, 0.2) is 22.7 Å². The van der Waals surface area contributed by atoms with Crippen molar-refractivity contribution in [3.63, 3.8) is 0 Å². The highest BCUT2D eigenvalue weighted by atomic mass is 79.9. The number of hydrogen-bond acceptors (Lipinski definition) is 2. The Hall–Kier alpha value is -0.450. The van der Waals surface area contributed by atoms with Crippen LogP contribution >= 0.6 is 15.9 Å². The van der Waals surface area contributed by atoms with E-state index in [1.807, 2.05) is 6.07 Å². The molecule has 0 bridgehead atoms. The summed E-state index contributed by atoms with van der Waals surface area (Å²) in [6.45, 7) is 2.88. The fourth-order valence-corrected chi connectivity index (χ4v) is 2.48. The van der Waals surface area contributed by atoms with Crippen molar-refractivity contribution in [3.05, 3.63) is 34.1 Å². The van der Waals surface area contributed by atoms with Gasteiger partial charge in [-0.15, -0.1) is 0 Å². The van der Waals surface area contributed by atoms with Gasteiger partial charge in [0.25, 0.3) is 0 Å². The molecule has 0 amide bonds. The predicted octanol–water partition coefficient (Wildman–Crippen LogP) is 3.08. The van der Waals surface area contributed by atoms with Gasteiger partial charge in [-0.1, -0.05) is 22.4 Å². The lowest BCUT2D eigenvalue weighted by Gasteiger charge is -2.27. The summed E-state index contributed by atoms with van der Waals surface area (Å²) in [5, 5.41) is 2.22. The first kappa shape index (κ1) is 12.0. The van der Waals surface area contributed by atoms with E-state index in [2.05, 4.69) is 26.4 Å². The number of rotatable bonds is 3. The van der Waals surface area contributed by atoms with Crippen LogP contribution in [0.5, 0.6) is 0 Å². The normalized spacial score (nSPS) is 17.6. The van der Waals surface area contributed by atoms with E-state index in [0.29, 0.717) is 6.54 Å². The van der Waals surface area contributed by atoms with Gasteiger partial charge in [0.05, 0.1) is 0 Å². The van der Waals surface area contributed by atoms with Crippen molar-refractivity contribution in [1.29, 1.82) is 0 Å². The molecule has 88 valence electrons. The Kier molecular flexibility index (Phi) is 4.32. The molecule has 0 spiro atoms. The van der Waals surface area contributed by atoms with Crippen molar-refractivity contribution in [2.24, 2.45) is 0 Å². The van der Waals surface area contributed by atoms with Crippen molar-refractivity contribution < 1.29 is 4.39 Å². The molecule has 1 fully saturated rings. The van der Waals surface area contributed by atoms with Crippen LogP contribution in [0.3, 0.4) is 0 Å². The zero-order valence-corrected chi connectivity index (χ0v) is 10.8. The molecular formula is C12H16BrFN2. The van der Waals surface area contributed by atoms with Crippen LogP contribution in [0.2, 0.25) is 0 Å². The molecule has 16 heavy (non-hydrogen) atoms. The molecule has 0 aromatic heterocycles. The maximum Gasteiger partial charge on any atom is 0.124 e. The lowest BCUT2D eigenvalue weighted by atomic mass is 10.2. The molecule has 2 rings (SSSR count). The Labute approximate surface area is 104 Å². The lowest BCUT2D eigenvalue weighted by molar-refractivity contribution is 0.151. The van der Waals surface area contributed by atoms with Crippen molar-refractivity contribution in [2.75, 3.05) is 13.1 Å². The third-order valence-corrected chi connectivity index (χ3v) is 3.24. The van der Waals surface area contributed by atoms with E-state index in [9.17, 15) is 4.39 Å². The van der Waals surface area contributed by atoms with Crippen molar-refractivity contribution >= 4 is 15.9 Å². The molecule has 1 aromatic carbocycles. The SMILES string of the molecule is Fc1cc(Br)cc(CNN2CCCCC2)c1. The zero-order valence-electron chi connectivity index (χ0n) is 9.18. The molecular weight excluding hydrogens is 271 g/mol. The molecule has 1 aromatic rings. The molecule has 0 saturated carbocycles. The molecule has 0 atom stereocenters. The smallest absolute Gasteiger partial charge is 0.124 e. The number of hydrazine groups is 1. The Balaban J connectivity index is 1.88. The van der Waals surface area contributed by atoms with E-state index in [1.165, 1.54) is 25.3 Å². The van der Waals surface area contributed by atoms with Gasteiger partial charge in [0.2, 0.25) is 0 Å². The summed E-state index contributed by atoms with van der Waals surface area (Å²) in [6.07, 6.45) is 3.82. The zero-order chi connectivity index (χ0) is 11.4. The minimum absolute atomic E-state index is 0.190. The minimum Gasteiger partial charge on any atom is -0.251 e. The highest BCUT2D eigenvalue weighted by molar-refractivity contribution is 9.10. The molecule has 1 N–H and O–H groups in total. The summed E-state index contributed by atoms with van der Waals surface area (Å²) in [7, 11) is 0. The quantitative estimate of drug-likeness (QED) is 0.919. The summed E-state index contributed by atoms with van der Waals surface area (Å²) in [5.74, 6) is -0.190. The average molecular weight is 287 g/mol. The standard InChI is InChI=1S/C12H16BrFN2/c13-11-6-10(7-12(14)8-11)9-15-16-4-2-1-3-5-16/h6-8,15H,1-5,9H2. The van der Waals surface area contributed by atoms with E-state index in [-0.39, 0.29) is 5.82 Å². The largest absolute Gasteiger partial charge is 0.251 e. The number of hydrogen-bond donors (Lipinski definition) is 1. The summed E-state index contributed by atoms with van der Waals surface area (Å²) in [4.78, 5) is 0. The second-order valence-electron chi connectivity index (χ2n) is 4.16. The van der Waals surface area contributed by atoms with Gasteiger partial charge < -0.3 is 0 Å². The lowest BCUT2D eigenvalue weighted by Crippen LogP contribution is -2.41. The number of nitrogens with zero attached hydrogens (tertiary/aromatic N) is 1. The maximum absolute atomic E-state index is 13.1. The number of piperidine rings is 1. The third kappa shape index (κ3) is 3.54. The molecule has 2 nitrogen and oxygen atoms in total. The average Bonchev–Trinajstić information content (AvgIpc) is 2.27. The van der Waals surface area contributed by atoms with E-state index < -0.39 is 0 Å². The van der Waals surface area contributed by atoms with Crippen LogP contribution < -0.4 is 5.43 Å². The Bertz CT molecular complexity index is 331. The molecule has 1 aliphatic heterocycles. The van der Waals surface area contributed by atoms with E-state index in [0.717, 1.165) is 23.1 Å². The fraction of sp³-hybridized carbons (Fsp3) is 0.500. The van der Waals surface area contributed by atoms with Crippen LogP contribution in [-0.4, -0.2) is 18.1 Å². The van der Waals surface area contributed by atoms with Gasteiger partial charge in [0, 0.05) is 24.1 Å². The molecule has 0 unspecified atom stereocenters. The van der Waals surface area contributed by atoms with E-state index in [4.69, 9.17) is 0 Å². The number of benzene rings is 1. The van der Waals surface area contributed by atoms with Crippen molar-refractivity contribution in [3.8, 4) is 0 Å². The van der Waals surface area contributed by atoms with Crippen LogP contribution in [0.4, 0.5) is 4.39 Å². The number of halogens is 2. The summed E-state index contributed by atoms with van der Waals surface area (Å²) >= 11 is 3.30. The van der Waals surface area contributed by atoms with Gasteiger partial charge in [-0.25, -0.2) is 9.40 Å². The van der Waals surface area contributed by atoms with E-state index in [1.54, 1.807) is 6.07 Å². The first-order valence-corrected chi connectivity index (χ1v) is 6.47. The molecule has 0 radical (unpaired) electrons. The van der Waals surface area contributed by atoms with Gasteiger partial charge in [0.15, 0.2) is 0 Å². The Morgan fingerprint density at radius 1 is 1.19 bits per heavy atom. The highest BCUT2D eigenvalue weighted by Gasteiger charge is 2.09. The summed E-state index contributed by atoms with van der Waals surface area (Å²) < 4.78 is 13.9. The van der Waals surface area contributed by atoms with Gasteiger partial charge in [0.1, 0.15) is 5.82 Å². The summed E-state index contributed by atoms with van der Waals surface area (Å²) in [6, 6.07) is 4.99. The molecule has 0 aliphatic carbocycles. The maximum atomic E-state index is 13.1. The fourth-order valence-electron chi connectivity index (χ4n) is 1.97. The van der Waals surface area contributed by atoms with Gasteiger partial charge in [-0.05, 0) is 36.6 Å². The molecule has 4 heteroatoms. The summed E-state index contributed by atoms with van der Waals surface area (Å²) in [5.41, 5.74) is 4.31. The minimum atomic E-state index is -0.190. The second-order valence-corrected chi connectivity index (χ2v) is 5.08. The first-order chi connectivity index (χ1) is 7.74. The Morgan fingerprint density at radius 2 is 1.94 bits per heavy atom. The van der Waals surface area contributed by atoms with Crippen LogP contribution in [0.25, 0.3) is 0 Å². The molecule has 1 heterocycles. The third-order valence-electron chi connectivity index (χ3n) is 2.79. The number of nitrogens with one attached hydrogen (secondary N) is 1. The van der Waals surface area contributed by atoms with Gasteiger partial charge in [-0.3, -0.25) is 5.43 Å². The van der Waals surface area contributed by atoms with Crippen LogP contribution in [0.1, 0.15) is 24.8 Å². The second kappa shape index (κ2) is 5.75. The van der Waals surface area contributed by atoms with Gasteiger partial charge in [-0.2, -0.15) is 0 Å². The monoisotopic (exact) mass is 286 g/mol. The van der Waals surface area contributed by atoms with Crippen molar-refractivity contribution in [1.82, 2.24) is 10.4 Å². The van der Waals surface area contributed by atoms with Crippen LogP contribution in [-0.2, 0) is 6.54 Å². The predicted molar refractivity (Wildman–Crippen MR) is 66.4 cm³/mol. The topological polar surface area (TPSA) is 15.3 Å². The van der Waals surface area contributed by atoms with Crippen molar-refractivity contribution in [2.45, 2.75) is 25.8 Å². The van der Waals surface area contributed by atoms with Crippen LogP contribution in [0, 0.1) is 5.82 Å². The molecule has 1 saturated heterocycles. The van der Waals surface area contributed by atoms with Gasteiger partial charge >= 0.3 is 0 Å². The highest BCUT2D eigenvalue weighted by Crippen LogP contribution is 2.15. The molecule has 1 aliphatic rings. The van der Waals surface area contributed by atoms with E-state index >= 15 is 0 Å².